The molecule has 268 valence electrons. The average Bonchev–Trinajstić information content (AvgIpc) is 2.81. The Hall–Kier alpha value is -2.35. The molecule has 0 aliphatic carbocycles. The first-order valence-electron chi connectivity index (χ1n) is 10.7. The van der Waals surface area contributed by atoms with Crippen molar-refractivity contribution in [1.82, 2.24) is 4.31 Å². The zero-order valence-electron chi connectivity index (χ0n) is 21.3. The second-order valence-electron chi connectivity index (χ2n) is 8.62. The maximum Gasteiger partial charge on any atom is 0.483 e. The number of rotatable bonds is 15. The van der Waals surface area contributed by atoms with Gasteiger partial charge in [0, 0.05) is 12.1 Å². The van der Waals surface area contributed by atoms with Crippen molar-refractivity contribution >= 4 is 16.0 Å². The highest BCUT2D eigenvalue weighted by molar-refractivity contribution is 7.90. The second kappa shape index (κ2) is 11.7. The van der Waals surface area contributed by atoms with E-state index in [1.165, 1.54) is 0 Å². The van der Waals surface area contributed by atoms with Gasteiger partial charge < -0.3 is 4.74 Å². The molecule has 0 heterocycles. The maximum atomic E-state index is 14.5. The zero-order chi connectivity index (χ0) is 37.1. The number of unbranched alkanes of at least 4 members (excludes halogenated alkanes) is 1. The highest BCUT2D eigenvalue weighted by Gasteiger charge is 2.96. The Kier molecular flexibility index (Phi) is 11.1. The van der Waals surface area contributed by atoms with Gasteiger partial charge >= 0.3 is 65.1 Å². The van der Waals surface area contributed by atoms with Crippen LogP contribution in [0.1, 0.15) is 26.7 Å². The standard InChI is InChI=1S/C18H14F21NO4S/c1-4-5-6-40(16(34,35)17(36,37)44-8(41)7(2)3)45(42,43)18(38,39)14(29,30)12(25,26)10(21,22)9(19,20)11(23,24)13(27,28)15(31,32)33/h2,4-6H2,1,3H3. The summed E-state index contributed by atoms with van der Waals surface area (Å²) in [5.41, 5.74) is -1.24. The summed E-state index contributed by atoms with van der Waals surface area (Å²) in [6, 6.07) is -7.12. The Balaban J connectivity index is 7.48. The highest BCUT2D eigenvalue weighted by atomic mass is 32.2. The molecule has 0 aromatic carbocycles. The Morgan fingerprint density at radius 1 is 0.644 bits per heavy atom. The maximum absolute atomic E-state index is 14.5. The first-order valence-corrected chi connectivity index (χ1v) is 12.1. The normalized spacial score (nSPS) is 15.8. The Labute approximate surface area is 236 Å². The van der Waals surface area contributed by atoms with Gasteiger partial charge in [-0.05, 0) is 13.3 Å². The van der Waals surface area contributed by atoms with Gasteiger partial charge in [-0.2, -0.15) is 92.2 Å². The lowest BCUT2D eigenvalue weighted by atomic mass is 9.91. The number of alkyl halides is 21. The fourth-order valence-electron chi connectivity index (χ4n) is 2.57. The number of carbonyl (C=O) groups excluding carboxylic acids is 1. The van der Waals surface area contributed by atoms with Crippen LogP contribution in [0.5, 0.6) is 0 Å². The van der Waals surface area contributed by atoms with E-state index in [0.717, 1.165) is 6.92 Å². The number of esters is 1. The summed E-state index contributed by atoms with van der Waals surface area (Å²) in [4.78, 5) is 11.2. The largest absolute Gasteiger partial charge is 0.483 e. The topological polar surface area (TPSA) is 63.7 Å². The lowest BCUT2D eigenvalue weighted by molar-refractivity contribution is -0.458. The minimum Gasteiger partial charge on any atom is -0.392 e. The van der Waals surface area contributed by atoms with E-state index < -0.39 is 104 Å². The molecule has 0 saturated heterocycles. The third-order valence-corrected chi connectivity index (χ3v) is 7.15. The Morgan fingerprint density at radius 2 is 0.978 bits per heavy atom. The van der Waals surface area contributed by atoms with Crippen molar-refractivity contribution in [2.75, 3.05) is 6.54 Å². The molecule has 27 heteroatoms. The molecule has 0 aromatic heterocycles. The molecule has 0 saturated carbocycles. The molecular weight excluding hydrogens is 725 g/mol. The van der Waals surface area contributed by atoms with E-state index in [-0.39, 0.29) is 0 Å². The van der Waals surface area contributed by atoms with Crippen molar-refractivity contribution in [3.63, 3.8) is 0 Å². The molecule has 0 aromatic rings. The van der Waals surface area contributed by atoms with Gasteiger partial charge in [-0.25, -0.2) is 13.2 Å². The third kappa shape index (κ3) is 6.09. The van der Waals surface area contributed by atoms with Gasteiger partial charge in [0.2, 0.25) is 0 Å². The smallest absolute Gasteiger partial charge is 0.392 e. The number of carbonyl (C=O) groups is 1. The van der Waals surface area contributed by atoms with E-state index in [1.54, 1.807) is 0 Å². The number of hydrogen-bond acceptors (Lipinski definition) is 4. The fourth-order valence-corrected chi connectivity index (χ4v) is 4.08. The predicted octanol–water partition coefficient (Wildman–Crippen LogP) is 7.69. The van der Waals surface area contributed by atoms with Crippen LogP contribution < -0.4 is 0 Å². The SMILES string of the molecule is C=C(C)C(=O)OC(F)(F)C(F)(F)N(CCCC)S(=O)(=O)C(F)(F)C(F)(F)C(F)(F)C(F)(F)C(F)(F)C(F)(F)C(F)(F)C(F)(F)F. The quantitative estimate of drug-likeness (QED) is 0.0749. The van der Waals surface area contributed by atoms with E-state index in [9.17, 15) is 105 Å². The van der Waals surface area contributed by atoms with Crippen molar-refractivity contribution < 1.29 is 110 Å². The molecule has 0 aliphatic rings. The molecule has 0 rings (SSSR count). The van der Waals surface area contributed by atoms with E-state index in [1.807, 2.05) is 0 Å². The van der Waals surface area contributed by atoms with Crippen LogP contribution in [0.15, 0.2) is 12.2 Å². The van der Waals surface area contributed by atoms with Crippen LogP contribution >= 0.6 is 0 Å². The molecule has 0 spiro atoms. The number of nitrogens with zero attached hydrogens (tertiary/aromatic N) is 1. The molecule has 0 N–H and O–H groups in total. The van der Waals surface area contributed by atoms with E-state index >= 15 is 0 Å². The van der Waals surface area contributed by atoms with Crippen LogP contribution in [0, 0.1) is 0 Å². The van der Waals surface area contributed by atoms with Crippen LogP contribution in [-0.2, 0) is 19.6 Å². The van der Waals surface area contributed by atoms with Gasteiger partial charge in [0.25, 0.3) is 10.0 Å². The van der Waals surface area contributed by atoms with E-state index in [0.29, 0.717) is 6.92 Å². The molecule has 0 unspecified atom stereocenters. The first kappa shape index (κ1) is 42.6. The minimum absolute atomic E-state index is 0.434. The summed E-state index contributed by atoms with van der Waals surface area (Å²) in [5, 5.41) is -8.56. The van der Waals surface area contributed by atoms with E-state index in [4.69, 9.17) is 0 Å². The number of ether oxygens (including phenoxy) is 1. The Bertz CT molecular complexity index is 1220. The van der Waals surface area contributed by atoms with Crippen LogP contribution in [0.4, 0.5) is 92.2 Å². The predicted molar refractivity (Wildman–Crippen MR) is 102 cm³/mol. The second-order valence-corrected chi connectivity index (χ2v) is 10.5. The van der Waals surface area contributed by atoms with Crippen LogP contribution in [0.2, 0.25) is 0 Å². The van der Waals surface area contributed by atoms with Crippen molar-refractivity contribution in [3.8, 4) is 0 Å². The molecule has 5 nitrogen and oxygen atoms in total. The van der Waals surface area contributed by atoms with E-state index in [2.05, 4.69) is 11.3 Å². The number of halogens is 21. The lowest BCUT2D eigenvalue weighted by Crippen LogP contribution is -2.75. The molecule has 0 fully saturated rings. The van der Waals surface area contributed by atoms with Crippen molar-refractivity contribution in [2.45, 2.75) is 85.8 Å². The van der Waals surface area contributed by atoms with Crippen molar-refractivity contribution in [2.24, 2.45) is 0 Å². The van der Waals surface area contributed by atoms with Crippen LogP contribution in [-0.4, -0.2) is 84.4 Å². The monoisotopic (exact) mass is 739 g/mol. The van der Waals surface area contributed by atoms with Crippen LogP contribution in [0.25, 0.3) is 0 Å². The molecule has 0 amide bonds. The van der Waals surface area contributed by atoms with Crippen LogP contribution in [0.3, 0.4) is 0 Å². The molecule has 45 heavy (non-hydrogen) atoms. The molecule has 0 aliphatic heterocycles. The molecule has 0 atom stereocenters. The summed E-state index contributed by atoms with van der Waals surface area (Å²) >= 11 is 0. The third-order valence-electron chi connectivity index (χ3n) is 5.25. The highest BCUT2D eigenvalue weighted by Crippen LogP contribution is 2.64. The fraction of sp³-hybridized carbons (Fsp3) is 0.833. The number of hydrogen-bond donors (Lipinski definition) is 0. The zero-order valence-corrected chi connectivity index (χ0v) is 22.1. The first-order chi connectivity index (χ1) is 19.3. The number of sulfonamides is 1. The summed E-state index contributed by atoms with van der Waals surface area (Å²) < 4.78 is 310. The van der Waals surface area contributed by atoms with Gasteiger partial charge in [0.1, 0.15) is 0 Å². The average molecular weight is 739 g/mol. The van der Waals surface area contributed by atoms with Crippen molar-refractivity contribution in [3.05, 3.63) is 12.2 Å². The minimum atomic E-state index is -9.28. The summed E-state index contributed by atoms with van der Waals surface area (Å²) in [6.45, 7) is 1.15. The Morgan fingerprint density at radius 3 is 1.29 bits per heavy atom. The molecular formula is C18H14F21NO4S. The van der Waals surface area contributed by atoms with Gasteiger partial charge in [-0.1, -0.05) is 19.9 Å². The van der Waals surface area contributed by atoms with Gasteiger partial charge in [0.15, 0.2) is 0 Å². The van der Waals surface area contributed by atoms with Gasteiger partial charge in [-0.3, -0.25) is 0 Å². The van der Waals surface area contributed by atoms with Gasteiger partial charge in [0.05, 0.1) is 0 Å². The summed E-state index contributed by atoms with van der Waals surface area (Å²) in [6.07, 6.45) is -17.1. The van der Waals surface area contributed by atoms with Crippen molar-refractivity contribution in [1.29, 1.82) is 0 Å². The van der Waals surface area contributed by atoms with Gasteiger partial charge in [-0.15, -0.1) is 4.31 Å². The summed E-state index contributed by atoms with van der Waals surface area (Å²) in [5.74, 6) is -56.8. The molecule has 0 bridgehead atoms. The lowest BCUT2D eigenvalue weighted by Gasteiger charge is -2.43. The summed E-state index contributed by atoms with van der Waals surface area (Å²) in [7, 11) is -8.87. The molecule has 0 radical (unpaired) electrons.